The van der Waals surface area contributed by atoms with E-state index in [-0.39, 0.29) is 18.9 Å². The number of carbonyl (C=O) groups is 1. The van der Waals surface area contributed by atoms with Crippen molar-refractivity contribution in [1.29, 1.82) is 0 Å². The molecule has 0 aliphatic carbocycles. The topological polar surface area (TPSA) is 78.7 Å². The second-order valence-corrected chi connectivity index (χ2v) is 5.74. The SMILES string of the molecule is O=C(COc1ccc(Cl)cc1Br)OCc1ccc([N+](=O)[O-])cc1. The van der Waals surface area contributed by atoms with Crippen LogP contribution in [0.5, 0.6) is 5.75 Å². The van der Waals surface area contributed by atoms with Gasteiger partial charge in [0.05, 0.1) is 9.40 Å². The second-order valence-electron chi connectivity index (χ2n) is 4.45. The molecule has 0 spiro atoms. The molecule has 8 heteroatoms. The third-order valence-electron chi connectivity index (χ3n) is 2.79. The highest BCUT2D eigenvalue weighted by molar-refractivity contribution is 9.10. The molecule has 0 radical (unpaired) electrons. The molecule has 0 aliphatic rings. The van der Waals surface area contributed by atoms with Crippen LogP contribution in [0.4, 0.5) is 5.69 Å². The minimum atomic E-state index is -0.551. The van der Waals surface area contributed by atoms with Crippen LogP contribution in [0.25, 0.3) is 0 Å². The predicted molar refractivity (Wildman–Crippen MR) is 87.5 cm³/mol. The number of carbonyl (C=O) groups excluding carboxylic acids is 1. The van der Waals surface area contributed by atoms with Crippen LogP contribution < -0.4 is 4.74 Å². The summed E-state index contributed by atoms with van der Waals surface area (Å²) in [6.45, 7) is -0.241. The lowest BCUT2D eigenvalue weighted by Crippen LogP contribution is -2.14. The van der Waals surface area contributed by atoms with Crippen LogP contribution in [0, 0.1) is 10.1 Å². The van der Waals surface area contributed by atoms with Crippen LogP contribution >= 0.6 is 27.5 Å². The molecule has 2 aromatic rings. The summed E-state index contributed by atoms with van der Waals surface area (Å²) < 4.78 is 11.0. The average molecular weight is 401 g/mol. The van der Waals surface area contributed by atoms with Crippen LogP contribution in [-0.4, -0.2) is 17.5 Å². The molecule has 2 rings (SSSR count). The molecule has 0 heterocycles. The van der Waals surface area contributed by atoms with Crippen molar-refractivity contribution in [1.82, 2.24) is 0 Å². The van der Waals surface area contributed by atoms with E-state index in [0.717, 1.165) is 0 Å². The van der Waals surface area contributed by atoms with E-state index in [4.69, 9.17) is 21.1 Å². The highest BCUT2D eigenvalue weighted by Crippen LogP contribution is 2.27. The number of hydrogen-bond donors (Lipinski definition) is 0. The third kappa shape index (κ3) is 5.22. The predicted octanol–water partition coefficient (Wildman–Crippen LogP) is 4.13. The van der Waals surface area contributed by atoms with Gasteiger partial charge in [-0.05, 0) is 51.8 Å². The first kappa shape index (κ1) is 17.2. The molecule has 0 aliphatic heterocycles. The van der Waals surface area contributed by atoms with E-state index in [9.17, 15) is 14.9 Å². The summed E-state index contributed by atoms with van der Waals surface area (Å²) in [6.07, 6.45) is 0. The molecule has 0 atom stereocenters. The minimum absolute atomic E-state index is 0.0158. The van der Waals surface area contributed by atoms with Gasteiger partial charge in [0, 0.05) is 17.2 Å². The van der Waals surface area contributed by atoms with Crippen molar-refractivity contribution in [2.24, 2.45) is 0 Å². The van der Waals surface area contributed by atoms with Gasteiger partial charge in [0.1, 0.15) is 12.4 Å². The molecule has 120 valence electrons. The van der Waals surface area contributed by atoms with E-state index in [1.165, 1.54) is 24.3 Å². The number of halogens is 2. The lowest BCUT2D eigenvalue weighted by atomic mass is 10.2. The van der Waals surface area contributed by atoms with Gasteiger partial charge >= 0.3 is 5.97 Å². The first-order valence-corrected chi connectivity index (χ1v) is 7.59. The van der Waals surface area contributed by atoms with Crippen molar-refractivity contribution in [3.63, 3.8) is 0 Å². The molecule has 23 heavy (non-hydrogen) atoms. The number of nitrogens with zero attached hydrogens (tertiary/aromatic N) is 1. The smallest absolute Gasteiger partial charge is 0.344 e. The van der Waals surface area contributed by atoms with Crippen molar-refractivity contribution in [2.45, 2.75) is 6.61 Å². The van der Waals surface area contributed by atoms with E-state index in [1.807, 2.05) is 0 Å². The van der Waals surface area contributed by atoms with Gasteiger partial charge in [0.15, 0.2) is 6.61 Å². The monoisotopic (exact) mass is 399 g/mol. The molecule has 0 saturated carbocycles. The minimum Gasteiger partial charge on any atom is -0.481 e. The standard InChI is InChI=1S/C15H11BrClNO5/c16-13-7-11(17)3-6-14(13)22-9-15(19)23-8-10-1-4-12(5-2-10)18(20)21/h1-7H,8-9H2. The molecule has 0 aromatic heterocycles. The molecular weight excluding hydrogens is 390 g/mol. The fourth-order valence-corrected chi connectivity index (χ4v) is 2.45. The largest absolute Gasteiger partial charge is 0.481 e. The lowest BCUT2D eigenvalue weighted by Gasteiger charge is -2.08. The van der Waals surface area contributed by atoms with Crippen molar-refractivity contribution in [3.8, 4) is 5.75 Å². The number of rotatable bonds is 6. The third-order valence-corrected chi connectivity index (χ3v) is 3.64. The van der Waals surface area contributed by atoms with Crippen molar-refractivity contribution < 1.29 is 19.2 Å². The maximum Gasteiger partial charge on any atom is 0.344 e. The maximum atomic E-state index is 11.6. The lowest BCUT2D eigenvalue weighted by molar-refractivity contribution is -0.384. The van der Waals surface area contributed by atoms with E-state index in [0.29, 0.717) is 20.8 Å². The Morgan fingerprint density at radius 3 is 2.52 bits per heavy atom. The van der Waals surface area contributed by atoms with Gasteiger partial charge < -0.3 is 9.47 Å². The molecule has 0 fully saturated rings. The summed E-state index contributed by atoms with van der Waals surface area (Å²) in [5, 5.41) is 11.1. The molecule has 0 N–H and O–H groups in total. The second kappa shape index (κ2) is 7.94. The summed E-state index contributed by atoms with van der Waals surface area (Å²) in [5.74, 6) is -0.0770. The van der Waals surface area contributed by atoms with Gasteiger partial charge in [-0.2, -0.15) is 0 Å². The van der Waals surface area contributed by atoms with Crippen molar-refractivity contribution >= 4 is 39.2 Å². The van der Waals surface area contributed by atoms with E-state index in [1.54, 1.807) is 18.2 Å². The summed E-state index contributed by atoms with van der Waals surface area (Å²) in [5.41, 5.74) is 0.632. The van der Waals surface area contributed by atoms with Crippen LogP contribution in [0.1, 0.15) is 5.56 Å². The first-order valence-electron chi connectivity index (χ1n) is 6.42. The number of esters is 1. The molecular formula is C15H11BrClNO5. The Morgan fingerprint density at radius 1 is 1.22 bits per heavy atom. The fourth-order valence-electron chi connectivity index (χ4n) is 1.65. The quantitative estimate of drug-likeness (QED) is 0.414. The summed E-state index contributed by atoms with van der Waals surface area (Å²) in [6, 6.07) is 10.7. The molecule has 6 nitrogen and oxygen atoms in total. The number of benzene rings is 2. The van der Waals surface area contributed by atoms with Crippen LogP contribution in [0.15, 0.2) is 46.9 Å². The molecule has 0 saturated heterocycles. The van der Waals surface area contributed by atoms with E-state index >= 15 is 0 Å². The Hall–Kier alpha value is -2.12. The van der Waals surface area contributed by atoms with E-state index < -0.39 is 10.9 Å². The Labute approximate surface area is 145 Å². The van der Waals surface area contributed by atoms with Crippen LogP contribution in [0.3, 0.4) is 0 Å². The van der Waals surface area contributed by atoms with Gasteiger partial charge in [-0.15, -0.1) is 0 Å². The highest BCUT2D eigenvalue weighted by Gasteiger charge is 2.09. The van der Waals surface area contributed by atoms with Gasteiger partial charge in [-0.3, -0.25) is 10.1 Å². The van der Waals surface area contributed by atoms with Crippen molar-refractivity contribution in [2.75, 3.05) is 6.61 Å². The van der Waals surface area contributed by atoms with Gasteiger partial charge in [-0.1, -0.05) is 11.6 Å². The van der Waals surface area contributed by atoms with Gasteiger partial charge in [0.2, 0.25) is 0 Å². The zero-order valence-corrected chi connectivity index (χ0v) is 14.0. The zero-order valence-electron chi connectivity index (χ0n) is 11.7. The molecule has 0 unspecified atom stereocenters. The van der Waals surface area contributed by atoms with Crippen molar-refractivity contribution in [3.05, 3.63) is 67.6 Å². The maximum absolute atomic E-state index is 11.6. The number of nitro groups is 1. The molecule has 0 amide bonds. The summed E-state index contributed by atoms with van der Waals surface area (Å²) in [7, 11) is 0. The first-order chi connectivity index (χ1) is 11.0. The number of ether oxygens (including phenoxy) is 2. The Kier molecular flexibility index (Phi) is 5.95. The fraction of sp³-hybridized carbons (Fsp3) is 0.133. The Morgan fingerprint density at radius 2 is 1.91 bits per heavy atom. The normalized spacial score (nSPS) is 10.2. The Balaban J connectivity index is 1.82. The zero-order chi connectivity index (χ0) is 16.8. The van der Waals surface area contributed by atoms with Crippen LogP contribution in [-0.2, 0) is 16.1 Å². The molecule has 2 aromatic carbocycles. The summed E-state index contributed by atoms with van der Waals surface area (Å²) >= 11 is 9.08. The molecule has 0 bridgehead atoms. The Bertz CT molecular complexity index is 720. The number of nitro benzene ring substituents is 1. The highest BCUT2D eigenvalue weighted by atomic mass is 79.9. The summed E-state index contributed by atoms with van der Waals surface area (Å²) in [4.78, 5) is 21.7. The van der Waals surface area contributed by atoms with E-state index in [2.05, 4.69) is 15.9 Å². The van der Waals surface area contributed by atoms with Gasteiger partial charge in [-0.25, -0.2) is 4.79 Å². The van der Waals surface area contributed by atoms with Gasteiger partial charge in [0.25, 0.3) is 5.69 Å². The average Bonchev–Trinajstić information content (AvgIpc) is 2.52. The number of non-ortho nitro benzene ring substituents is 1. The van der Waals surface area contributed by atoms with Crippen LogP contribution in [0.2, 0.25) is 5.02 Å². The number of hydrogen-bond acceptors (Lipinski definition) is 5.